The molecule has 4 aliphatic rings. The molecule has 1 spiro atoms. The summed E-state index contributed by atoms with van der Waals surface area (Å²) in [4.78, 5) is 43.7. The molecule has 8 heteroatoms. The Morgan fingerprint density at radius 1 is 1.00 bits per heavy atom. The molecule has 0 aromatic heterocycles. The van der Waals surface area contributed by atoms with E-state index in [4.69, 9.17) is 9.47 Å². The second-order valence-electron chi connectivity index (χ2n) is 11.7. The van der Waals surface area contributed by atoms with Gasteiger partial charge in [0.05, 0.1) is 24.5 Å². The number of carbonyl (C=O) groups excluding carboxylic acids is 3. The number of hydrogen-bond donors (Lipinski definition) is 2. The van der Waals surface area contributed by atoms with Crippen molar-refractivity contribution in [3.05, 3.63) is 72.3 Å². The zero-order valence-corrected chi connectivity index (χ0v) is 23.1. The highest BCUT2D eigenvalue weighted by Crippen LogP contribution is 2.59. The van der Waals surface area contributed by atoms with Crippen molar-refractivity contribution in [1.82, 2.24) is 10.2 Å². The summed E-state index contributed by atoms with van der Waals surface area (Å²) in [6, 6.07) is 16.2. The molecule has 2 bridgehead atoms. The molecule has 3 heterocycles. The van der Waals surface area contributed by atoms with Gasteiger partial charge in [-0.3, -0.25) is 14.4 Å². The fraction of sp³-hybridized carbons (Fsp3) is 0.469. The van der Waals surface area contributed by atoms with Crippen LogP contribution in [0.3, 0.4) is 0 Å². The number of carbonyl (C=O) groups is 3. The number of nitrogens with zero attached hydrogens (tertiary/aromatic N) is 1. The van der Waals surface area contributed by atoms with E-state index in [0.29, 0.717) is 18.7 Å². The van der Waals surface area contributed by atoms with Crippen LogP contribution in [0, 0.1) is 11.8 Å². The minimum absolute atomic E-state index is 0.0885. The average Bonchev–Trinajstić information content (AvgIpc) is 3.53. The van der Waals surface area contributed by atoms with Gasteiger partial charge in [-0.05, 0) is 56.0 Å². The summed E-state index contributed by atoms with van der Waals surface area (Å²) in [6.45, 7) is 2.18. The van der Waals surface area contributed by atoms with Gasteiger partial charge >= 0.3 is 0 Å². The summed E-state index contributed by atoms with van der Waals surface area (Å²) in [7, 11) is 1.62. The lowest BCUT2D eigenvalue weighted by molar-refractivity contribution is -0.144. The predicted octanol–water partition coefficient (Wildman–Crippen LogP) is 3.87. The number of ether oxygens (including phenoxy) is 2. The molecule has 0 radical (unpaired) electrons. The van der Waals surface area contributed by atoms with Crippen LogP contribution in [0.4, 0.5) is 5.69 Å². The molecule has 8 nitrogen and oxygen atoms in total. The number of anilines is 1. The fourth-order valence-electron chi connectivity index (χ4n) is 7.18. The third-order valence-electron chi connectivity index (χ3n) is 9.12. The van der Waals surface area contributed by atoms with E-state index >= 15 is 0 Å². The fourth-order valence-corrected chi connectivity index (χ4v) is 7.18. The van der Waals surface area contributed by atoms with Crippen LogP contribution >= 0.6 is 0 Å². The Hall–Kier alpha value is -3.65. The van der Waals surface area contributed by atoms with Gasteiger partial charge in [0, 0.05) is 18.3 Å². The van der Waals surface area contributed by atoms with E-state index in [0.717, 1.165) is 37.0 Å². The van der Waals surface area contributed by atoms with Crippen LogP contribution < -0.4 is 15.4 Å². The Labute approximate surface area is 235 Å². The van der Waals surface area contributed by atoms with Gasteiger partial charge in [0.2, 0.25) is 17.7 Å². The van der Waals surface area contributed by atoms with Gasteiger partial charge < -0.3 is 25.0 Å². The van der Waals surface area contributed by atoms with Crippen LogP contribution in [-0.4, -0.2) is 59.6 Å². The van der Waals surface area contributed by atoms with Gasteiger partial charge in [-0.25, -0.2) is 0 Å². The minimum atomic E-state index is -1.19. The number of fused-ring (bicyclic) bond motifs is 1. The maximum absolute atomic E-state index is 14.2. The largest absolute Gasteiger partial charge is 0.497 e. The van der Waals surface area contributed by atoms with Crippen LogP contribution in [0.15, 0.2) is 66.7 Å². The Balaban J connectivity index is 1.31. The first kappa shape index (κ1) is 26.6. The molecule has 210 valence electrons. The molecule has 5 atom stereocenters. The molecule has 40 heavy (non-hydrogen) atoms. The monoisotopic (exact) mass is 543 g/mol. The first-order valence-electron chi connectivity index (χ1n) is 14.3. The summed E-state index contributed by atoms with van der Waals surface area (Å²) in [5.41, 5.74) is -0.487. The topological polar surface area (TPSA) is 97.0 Å². The minimum Gasteiger partial charge on any atom is -0.497 e. The van der Waals surface area contributed by atoms with Gasteiger partial charge in [0.25, 0.3) is 0 Å². The van der Waals surface area contributed by atoms with Crippen LogP contribution in [0.1, 0.15) is 44.6 Å². The van der Waals surface area contributed by atoms with E-state index in [1.807, 2.05) is 73.7 Å². The lowest BCUT2D eigenvalue weighted by Gasteiger charge is -2.34. The summed E-state index contributed by atoms with van der Waals surface area (Å²) in [5.74, 6) is -1.48. The lowest BCUT2D eigenvalue weighted by atomic mass is 9.70. The number of nitrogens with one attached hydrogen (secondary N) is 2. The molecule has 2 aromatic rings. The van der Waals surface area contributed by atoms with Crippen LogP contribution in [0.25, 0.3) is 0 Å². The van der Waals surface area contributed by atoms with Crippen molar-refractivity contribution in [1.29, 1.82) is 0 Å². The number of hydrogen-bond acceptors (Lipinski definition) is 5. The van der Waals surface area contributed by atoms with E-state index in [1.165, 1.54) is 6.42 Å². The zero-order chi connectivity index (χ0) is 27.9. The first-order valence-corrected chi connectivity index (χ1v) is 14.3. The van der Waals surface area contributed by atoms with Gasteiger partial charge in [0.15, 0.2) is 0 Å². The molecule has 6 rings (SSSR count). The smallest absolute Gasteiger partial charge is 0.246 e. The molecular weight excluding hydrogens is 506 g/mol. The molecule has 2 N–H and O–H groups in total. The summed E-state index contributed by atoms with van der Waals surface area (Å²) >= 11 is 0. The van der Waals surface area contributed by atoms with Gasteiger partial charge in [-0.1, -0.05) is 61.7 Å². The number of rotatable bonds is 8. The van der Waals surface area contributed by atoms with Crippen LogP contribution in [0.2, 0.25) is 0 Å². The van der Waals surface area contributed by atoms with Crippen molar-refractivity contribution in [3.63, 3.8) is 0 Å². The molecule has 3 aliphatic heterocycles. The van der Waals surface area contributed by atoms with Gasteiger partial charge in [-0.15, -0.1) is 0 Å². The van der Waals surface area contributed by atoms with Crippen LogP contribution in [-0.2, 0) is 25.5 Å². The standard InChI is InChI=1S/C32H37N3O5/c1-31-18-19-32(40-31)26(25(31)28(36)33-22-9-5-3-6-10-22)30(38)35(20-17-21-13-15-24(39-2)16-14-21)27(32)29(37)34-23-11-7-4-8-12-23/h3,5-6,9-10,13-16,18-19,23,25-27H,4,7-8,11-12,17,20H2,1-2H3,(H,33,36)(H,34,37)/t25-,26-,27+,31+,32-/m0/s1. The molecule has 1 aliphatic carbocycles. The molecule has 3 amide bonds. The van der Waals surface area contributed by atoms with Gasteiger partial charge in [0.1, 0.15) is 17.4 Å². The van der Waals surface area contributed by atoms with Crippen molar-refractivity contribution in [2.75, 3.05) is 19.0 Å². The number of benzene rings is 2. The summed E-state index contributed by atoms with van der Waals surface area (Å²) in [5, 5.41) is 6.23. The van der Waals surface area contributed by atoms with E-state index in [2.05, 4.69) is 10.6 Å². The van der Waals surface area contributed by atoms with E-state index in [9.17, 15) is 14.4 Å². The third-order valence-corrected chi connectivity index (χ3v) is 9.12. The predicted molar refractivity (Wildman–Crippen MR) is 151 cm³/mol. The number of methoxy groups -OCH3 is 1. The molecule has 0 unspecified atom stereocenters. The first-order chi connectivity index (χ1) is 19.3. The Kier molecular flexibility index (Phi) is 6.90. The summed E-state index contributed by atoms with van der Waals surface area (Å²) < 4.78 is 11.9. The second kappa shape index (κ2) is 10.4. The highest BCUT2D eigenvalue weighted by molar-refractivity contribution is 6.03. The van der Waals surface area contributed by atoms with E-state index < -0.39 is 29.1 Å². The third kappa shape index (κ3) is 4.48. The highest BCUT2D eigenvalue weighted by atomic mass is 16.5. The Morgan fingerprint density at radius 3 is 2.42 bits per heavy atom. The zero-order valence-electron chi connectivity index (χ0n) is 23.1. The number of amides is 3. The second-order valence-corrected chi connectivity index (χ2v) is 11.7. The molecule has 1 saturated carbocycles. The summed E-state index contributed by atoms with van der Waals surface area (Å²) in [6.07, 6.45) is 9.53. The van der Waals surface area contributed by atoms with Crippen molar-refractivity contribution in [2.45, 2.75) is 68.7 Å². The Morgan fingerprint density at radius 2 is 1.73 bits per heavy atom. The van der Waals surface area contributed by atoms with Gasteiger partial charge in [-0.2, -0.15) is 0 Å². The normalized spacial score (nSPS) is 30.8. The highest BCUT2D eigenvalue weighted by Gasteiger charge is 2.76. The number of para-hydroxylation sites is 1. The maximum atomic E-state index is 14.2. The average molecular weight is 544 g/mol. The van der Waals surface area contributed by atoms with E-state index in [1.54, 1.807) is 12.0 Å². The van der Waals surface area contributed by atoms with E-state index in [-0.39, 0.29) is 23.8 Å². The Bertz CT molecular complexity index is 1310. The molecule has 3 fully saturated rings. The quantitative estimate of drug-likeness (QED) is 0.493. The van der Waals surface area contributed by atoms with Crippen molar-refractivity contribution >= 4 is 23.4 Å². The lowest BCUT2D eigenvalue weighted by Crippen LogP contribution is -2.57. The van der Waals surface area contributed by atoms with Crippen molar-refractivity contribution < 1.29 is 23.9 Å². The SMILES string of the molecule is COc1ccc(CCN2C(=O)[C@@H]3[C@@H](C(=O)Nc4ccccc4)[C@@]4(C)C=C[C@@]3(O4)[C@H]2C(=O)NC2CCCCC2)cc1. The maximum Gasteiger partial charge on any atom is 0.246 e. The van der Waals surface area contributed by atoms with Crippen molar-refractivity contribution in [3.8, 4) is 5.75 Å². The molecular formula is C32H37N3O5. The number of likely N-dealkylation sites (tertiary alicyclic amines) is 1. The van der Waals surface area contributed by atoms with Crippen LogP contribution in [0.5, 0.6) is 5.75 Å². The molecule has 2 aromatic carbocycles. The van der Waals surface area contributed by atoms with Crippen molar-refractivity contribution in [2.24, 2.45) is 11.8 Å². The molecule has 2 saturated heterocycles.